The van der Waals surface area contributed by atoms with Crippen LogP contribution in [0.5, 0.6) is 0 Å². The van der Waals surface area contributed by atoms with Crippen molar-refractivity contribution >= 4 is 17.5 Å². The summed E-state index contributed by atoms with van der Waals surface area (Å²) in [7, 11) is 0. The number of hydrogen-bond donors (Lipinski definition) is 0. The van der Waals surface area contributed by atoms with Crippen LogP contribution in [0.4, 0.5) is 0 Å². The van der Waals surface area contributed by atoms with Gasteiger partial charge in [-0.05, 0) is 32.4 Å². The highest BCUT2D eigenvalue weighted by molar-refractivity contribution is 6.47. The molecule has 1 heterocycles. The fourth-order valence-electron chi connectivity index (χ4n) is 1.77. The van der Waals surface area contributed by atoms with Crippen LogP contribution in [0.2, 0.25) is 0 Å². The number of allylic oxidation sites excluding steroid dienone is 1. The molecule has 0 unspecified atom stereocenters. The maximum absolute atomic E-state index is 4.54. The Bertz CT molecular complexity index is 465. The molecule has 1 aliphatic rings. The molecule has 0 atom stereocenters. The summed E-state index contributed by atoms with van der Waals surface area (Å²) >= 11 is 0. The zero-order valence-electron chi connectivity index (χ0n) is 9.94. The maximum atomic E-state index is 4.54. The van der Waals surface area contributed by atoms with Gasteiger partial charge in [-0.2, -0.15) is 0 Å². The van der Waals surface area contributed by atoms with E-state index < -0.39 is 0 Å². The van der Waals surface area contributed by atoms with Crippen molar-refractivity contribution in [2.75, 3.05) is 0 Å². The van der Waals surface area contributed by atoms with Crippen molar-refractivity contribution < 1.29 is 0 Å². The molecule has 0 saturated carbocycles. The molecule has 2 heteroatoms. The average Bonchev–Trinajstić information content (AvgIpc) is 2.50. The van der Waals surface area contributed by atoms with E-state index in [1.807, 2.05) is 45.0 Å². The topological polar surface area (TPSA) is 24.7 Å². The Labute approximate surface area is 96.4 Å². The van der Waals surface area contributed by atoms with Gasteiger partial charge < -0.3 is 0 Å². The first kappa shape index (κ1) is 10.8. The normalized spacial score (nSPS) is 18.7. The minimum atomic E-state index is -0.291. The molecule has 2 nitrogen and oxygen atoms in total. The van der Waals surface area contributed by atoms with Crippen molar-refractivity contribution in [1.29, 1.82) is 0 Å². The molecule has 82 valence electrons. The van der Waals surface area contributed by atoms with Gasteiger partial charge in [0.25, 0.3) is 0 Å². The first-order valence-electron chi connectivity index (χ1n) is 5.47. The van der Waals surface area contributed by atoms with Crippen LogP contribution in [0.25, 0.3) is 6.08 Å². The monoisotopic (exact) mass is 212 g/mol. The molecule has 0 aliphatic carbocycles. The molecule has 2 rings (SSSR count). The van der Waals surface area contributed by atoms with Gasteiger partial charge in [0.05, 0.1) is 11.4 Å². The first-order chi connectivity index (χ1) is 7.57. The van der Waals surface area contributed by atoms with Gasteiger partial charge in [0.15, 0.2) is 0 Å². The van der Waals surface area contributed by atoms with E-state index in [1.165, 1.54) is 5.56 Å². The van der Waals surface area contributed by atoms with Crippen LogP contribution in [-0.4, -0.2) is 17.1 Å². The van der Waals surface area contributed by atoms with Crippen LogP contribution in [0.3, 0.4) is 0 Å². The Kier molecular flexibility index (Phi) is 2.73. The molecule has 0 aromatic heterocycles. The van der Waals surface area contributed by atoms with Crippen molar-refractivity contribution in [2.24, 2.45) is 9.98 Å². The third-order valence-electron chi connectivity index (χ3n) is 2.44. The molecule has 16 heavy (non-hydrogen) atoms. The summed E-state index contributed by atoms with van der Waals surface area (Å²) in [4.78, 5) is 9.02. The lowest BCUT2D eigenvalue weighted by molar-refractivity contribution is 0.566. The molecular formula is C14H16N2. The smallest absolute Gasteiger partial charge is 0.145 e. The van der Waals surface area contributed by atoms with Gasteiger partial charge in [0.2, 0.25) is 0 Å². The van der Waals surface area contributed by atoms with E-state index in [1.54, 1.807) is 0 Å². The van der Waals surface area contributed by atoms with Crippen LogP contribution in [0, 0.1) is 0 Å². The molecule has 0 radical (unpaired) electrons. The first-order valence-corrected chi connectivity index (χ1v) is 5.47. The molecule has 0 fully saturated rings. The molecule has 0 N–H and O–H groups in total. The number of nitrogens with zero attached hydrogens (tertiary/aromatic N) is 2. The molecule has 0 saturated heterocycles. The van der Waals surface area contributed by atoms with E-state index in [9.17, 15) is 0 Å². The summed E-state index contributed by atoms with van der Waals surface area (Å²) in [6.45, 7) is 6.03. The molecule has 1 aromatic rings. The highest BCUT2D eigenvalue weighted by Crippen LogP contribution is 2.19. The Morgan fingerprint density at radius 1 is 1.00 bits per heavy atom. The van der Waals surface area contributed by atoms with Crippen LogP contribution in [0.15, 0.2) is 46.4 Å². The fraction of sp³-hybridized carbons (Fsp3) is 0.286. The summed E-state index contributed by atoms with van der Waals surface area (Å²) < 4.78 is 0. The van der Waals surface area contributed by atoms with Crippen LogP contribution < -0.4 is 0 Å². The highest BCUT2D eigenvalue weighted by Gasteiger charge is 2.22. The van der Waals surface area contributed by atoms with E-state index in [0.29, 0.717) is 0 Å². The number of aliphatic imine (C=N–C) groups is 2. The maximum Gasteiger partial charge on any atom is 0.145 e. The fourth-order valence-corrected chi connectivity index (χ4v) is 1.77. The van der Waals surface area contributed by atoms with Gasteiger partial charge in [-0.15, -0.1) is 0 Å². The predicted molar refractivity (Wildman–Crippen MR) is 70.1 cm³/mol. The SMILES string of the molecule is CC1=NC(C)(C)N=C1/C=C/c1ccccc1. The average molecular weight is 212 g/mol. The van der Waals surface area contributed by atoms with Gasteiger partial charge in [0, 0.05) is 0 Å². The Morgan fingerprint density at radius 2 is 1.69 bits per heavy atom. The van der Waals surface area contributed by atoms with Crippen LogP contribution in [-0.2, 0) is 0 Å². The Balaban J connectivity index is 2.19. The van der Waals surface area contributed by atoms with E-state index in [0.717, 1.165) is 11.4 Å². The number of rotatable bonds is 2. The van der Waals surface area contributed by atoms with E-state index in [4.69, 9.17) is 0 Å². The lowest BCUT2D eigenvalue weighted by atomic mass is 10.1. The second-order valence-electron chi connectivity index (χ2n) is 4.43. The van der Waals surface area contributed by atoms with Gasteiger partial charge in [-0.1, -0.05) is 36.4 Å². The van der Waals surface area contributed by atoms with Gasteiger partial charge in [-0.3, -0.25) is 9.98 Å². The standard InChI is InChI=1S/C14H16N2/c1-11-13(16-14(2,3)15-11)10-9-12-7-5-4-6-8-12/h4-10H,1-3H3/b10-9+. The van der Waals surface area contributed by atoms with E-state index in [-0.39, 0.29) is 5.66 Å². The predicted octanol–water partition coefficient (Wildman–Crippen LogP) is 3.35. The molecule has 1 aromatic carbocycles. The summed E-state index contributed by atoms with van der Waals surface area (Å²) in [5.74, 6) is 0. The van der Waals surface area contributed by atoms with Gasteiger partial charge in [0.1, 0.15) is 5.66 Å². The van der Waals surface area contributed by atoms with Crippen molar-refractivity contribution in [3.63, 3.8) is 0 Å². The molecule has 0 bridgehead atoms. The van der Waals surface area contributed by atoms with E-state index >= 15 is 0 Å². The van der Waals surface area contributed by atoms with Crippen molar-refractivity contribution in [3.8, 4) is 0 Å². The zero-order chi connectivity index (χ0) is 11.6. The molecule has 0 amide bonds. The number of hydrogen-bond acceptors (Lipinski definition) is 2. The van der Waals surface area contributed by atoms with Crippen molar-refractivity contribution in [1.82, 2.24) is 0 Å². The molecule has 0 spiro atoms. The van der Waals surface area contributed by atoms with Crippen LogP contribution >= 0.6 is 0 Å². The lowest BCUT2D eigenvalue weighted by Gasteiger charge is -2.07. The molecule has 1 aliphatic heterocycles. The van der Waals surface area contributed by atoms with Crippen molar-refractivity contribution in [3.05, 3.63) is 42.0 Å². The third kappa shape index (κ3) is 2.45. The van der Waals surface area contributed by atoms with Gasteiger partial charge in [-0.25, -0.2) is 0 Å². The minimum absolute atomic E-state index is 0.291. The van der Waals surface area contributed by atoms with Gasteiger partial charge >= 0.3 is 0 Å². The third-order valence-corrected chi connectivity index (χ3v) is 2.44. The van der Waals surface area contributed by atoms with Crippen molar-refractivity contribution in [2.45, 2.75) is 26.4 Å². The van der Waals surface area contributed by atoms with E-state index in [2.05, 4.69) is 28.2 Å². The minimum Gasteiger partial charge on any atom is -0.259 e. The quantitative estimate of drug-likeness (QED) is 0.718. The summed E-state index contributed by atoms with van der Waals surface area (Å²) in [5.41, 5.74) is 2.88. The Hall–Kier alpha value is -1.70. The number of benzene rings is 1. The highest BCUT2D eigenvalue weighted by atomic mass is 15.1. The molecular weight excluding hydrogens is 196 g/mol. The second-order valence-corrected chi connectivity index (χ2v) is 4.43. The summed E-state index contributed by atoms with van der Waals surface area (Å²) in [5, 5.41) is 0. The second kappa shape index (κ2) is 4.05. The van der Waals surface area contributed by atoms with Crippen LogP contribution in [0.1, 0.15) is 26.3 Å². The lowest BCUT2D eigenvalue weighted by Crippen LogP contribution is -2.08. The Morgan fingerprint density at radius 3 is 2.25 bits per heavy atom. The zero-order valence-corrected chi connectivity index (χ0v) is 9.94. The summed E-state index contributed by atoms with van der Waals surface area (Å²) in [6, 6.07) is 10.2. The largest absolute Gasteiger partial charge is 0.259 e. The summed E-state index contributed by atoms with van der Waals surface area (Å²) in [6.07, 6.45) is 4.10.